The minimum absolute atomic E-state index is 0.874. The molecule has 0 saturated carbocycles. The highest BCUT2D eigenvalue weighted by molar-refractivity contribution is 6.22. The first kappa shape index (κ1) is 24.2. The molecule has 0 bridgehead atoms. The molecule has 0 atom stereocenters. The summed E-state index contributed by atoms with van der Waals surface area (Å²) in [5, 5.41) is 4.66. The maximum Gasteiger partial charge on any atom is 0.160 e. The van der Waals surface area contributed by atoms with Crippen molar-refractivity contribution in [2.45, 2.75) is 0 Å². The van der Waals surface area contributed by atoms with E-state index in [2.05, 4.69) is 169 Å². The van der Waals surface area contributed by atoms with Gasteiger partial charge in [0, 0.05) is 27.7 Å². The fourth-order valence-electron chi connectivity index (χ4n) is 6.09. The maximum atomic E-state index is 6.83. The van der Waals surface area contributed by atoms with Crippen LogP contribution in [0, 0.1) is 0 Å². The Hall–Kier alpha value is -5.60. The lowest BCUT2D eigenvalue weighted by Gasteiger charge is -2.28. The van der Waals surface area contributed by atoms with Gasteiger partial charge in [-0.15, -0.1) is 0 Å². The number of hydrogen-bond acceptors (Lipinski definition) is 2. The van der Waals surface area contributed by atoms with Crippen LogP contribution in [0.5, 0.6) is 0 Å². The fraction of sp³-hybridized carbons (Fsp3) is 0. The van der Waals surface area contributed by atoms with E-state index in [0.29, 0.717) is 0 Å². The average Bonchev–Trinajstić information content (AvgIpc) is 3.46. The lowest BCUT2D eigenvalue weighted by molar-refractivity contribution is 0.669. The van der Waals surface area contributed by atoms with Crippen molar-refractivity contribution in [1.82, 2.24) is 0 Å². The lowest BCUT2D eigenvalue weighted by atomic mass is 9.97. The third kappa shape index (κ3) is 4.05. The van der Waals surface area contributed by atoms with Crippen LogP contribution in [0.15, 0.2) is 168 Å². The van der Waals surface area contributed by atoms with Crippen LogP contribution < -0.4 is 4.90 Å². The van der Waals surface area contributed by atoms with Gasteiger partial charge in [0.1, 0.15) is 5.58 Å². The van der Waals surface area contributed by atoms with Crippen LogP contribution in [-0.2, 0) is 0 Å². The predicted molar refractivity (Wildman–Crippen MR) is 177 cm³/mol. The molecule has 8 aromatic rings. The van der Waals surface area contributed by atoms with Crippen molar-refractivity contribution < 1.29 is 4.42 Å². The van der Waals surface area contributed by atoms with Crippen molar-refractivity contribution in [2.75, 3.05) is 4.90 Å². The Kier molecular flexibility index (Phi) is 5.82. The van der Waals surface area contributed by atoms with Crippen LogP contribution in [0.3, 0.4) is 0 Å². The summed E-state index contributed by atoms with van der Waals surface area (Å²) in [6.07, 6.45) is 0. The predicted octanol–water partition coefficient (Wildman–Crippen LogP) is 11.5. The number of nitrogens with zero attached hydrogens (tertiary/aromatic N) is 1. The quantitative estimate of drug-likeness (QED) is 0.217. The molecule has 1 aromatic heterocycles. The number of rotatable bonds is 5. The normalized spacial score (nSPS) is 11.3. The van der Waals surface area contributed by atoms with Gasteiger partial charge in [-0.2, -0.15) is 0 Å². The zero-order valence-corrected chi connectivity index (χ0v) is 22.9. The molecule has 0 aliphatic heterocycles. The summed E-state index contributed by atoms with van der Waals surface area (Å²) < 4.78 is 6.83. The van der Waals surface area contributed by atoms with Gasteiger partial charge in [-0.1, -0.05) is 127 Å². The Balaban J connectivity index is 1.44. The molecular weight excluding hydrogens is 510 g/mol. The highest BCUT2D eigenvalue weighted by Crippen LogP contribution is 2.48. The molecule has 0 fully saturated rings. The summed E-state index contributed by atoms with van der Waals surface area (Å²) in [5.41, 5.74) is 9.56. The van der Waals surface area contributed by atoms with Crippen molar-refractivity contribution in [3.05, 3.63) is 164 Å². The topological polar surface area (TPSA) is 16.4 Å². The Morgan fingerprint density at radius 2 is 1.00 bits per heavy atom. The van der Waals surface area contributed by atoms with Gasteiger partial charge in [-0.3, -0.25) is 0 Å². The molecule has 2 heteroatoms. The van der Waals surface area contributed by atoms with Gasteiger partial charge in [-0.05, 0) is 63.9 Å². The number of hydrogen-bond donors (Lipinski definition) is 0. The first-order valence-electron chi connectivity index (χ1n) is 14.3. The van der Waals surface area contributed by atoms with Crippen LogP contribution in [0.1, 0.15) is 0 Å². The van der Waals surface area contributed by atoms with Crippen molar-refractivity contribution in [3.8, 4) is 22.3 Å². The van der Waals surface area contributed by atoms with E-state index >= 15 is 0 Å². The minimum atomic E-state index is 0.874. The monoisotopic (exact) mass is 537 g/mol. The van der Waals surface area contributed by atoms with Gasteiger partial charge < -0.3 is 9.32 Å². The second kappa shape index (κ2) is 10.1. The molecule has 0 radical (unpaired) electrons. The summed E-state index contributed by atoms with van der Waals surface area (Å²) in [6.45, 7) is 0. The summed E-state index contributed by atoms with van der Waals surface area (Å²) >= 11 is 0. The van der Waals surface area contributed by atoms with Gasteiger partial charge in [0.05, 0.1) is 5.69 Å². The zero-order chi connectivity index (χ0) is 27.9. The summed E-state index contributed by atoms with van der Waals surface area (Å²) in [7, 11) is 0. The molecule has 0 spiro atoms. The molecule has 0 aliphatic carbocycles. The van der Waals surface area contributed by atoms with E-state index in [1.54, 1.807) is 0 Å². The van der Waals surface area contributed by atoms with E-state index in [-0.39, 0.29) is 0 Å². The van der Waals surface area contributed by atoms with Crippen LogP contribution in [0.2, 0.25) is 0 Å². The molecule has 198 valence electrons. The number of furan rings is 1. The van der Waals surface area contributed by atoms with Crippen LogP contribution in [0.4, 0.5) is 17.1 Å². The van der Waals surface area contributed by atoms with Gasteiger partial charge in [0.15, 0.2) is 5.58 Å². The average molecular weight is 538 g/mol. The maximum absolute atomic E-state index is 6.83. The highest BCUT2D eigenvalue weighted by Gasteiger charge is 2.24. The van der Waals surface area contributed by atoms with Crippen LogP contribution in [-0.4, -0.2) is 0 Å². The minimum Gasteiger partial charge on any atom is -0.454 e. The smallest absolute Gasteiger partial charge is 0.160 e. The van der Waals surface area contributed by atoms with Crippen molar-refractivity contribution in [1.29, 1.82) is 0 Å². The molecule has 1 heterocycles. The summed E-state index contributed by atoms with van der Waals surface area (Å²) in [6, 6.07) is 57.8. The second-order valence-electron chi connectivity index (χ2n) is 10.6. The molecule has 0 aliphatic rings. The van der Waals surface area contributed by atoms with E-state index in [0.717, 1.165) is 50.1 Å². The van der Waals surface area contributed by atoms with Crippen molar-refractivity contribution in [2.24, 2.45) is 0 Å². The van der Waals surface area contributed by atoms with Gasteiger partial charge in [0.25, 0.3) is 0 Å². The Bertz CT molecular complexity index is 2160. The summed E-state index contributed by atoms with van der Waals surface area (Å²) in [5.74, 6) is 0. The fourth-order valence-corrected chi connectivity index (χ4v) is 6.09. The second-order valence-corrected chi connectivity index (χ2v) is 10.6. The number of benzene rings is 7. The van der Waals surface area contributed by atoms with Gasteiger partial charge in [0.2, 0.25) is 0 Å². The van der Waals surface area contributed by atoms with E-state index in [9.17, 15) is 0 Å². The third-order valence-electron chi connectivity index (χ3n) is 8.06. The van der Waals surface area contributed by atoms with Gasteiger partial charge >= 0.3 is 0 Å². The number of fused-ring (bicyclic) bond motifs is 5. The Morgan fingerprint density at radius 1 is 0.405 bits per heavy atom. The van der Waals surface area contributed by atoms with E-state index in [1.165, 1.54) is 21.9 Å². The molecule has 0 unspecified atom stereocenters. The molecule has 42 heavy (non-hydrogen) atoms. The van der Waals surface area contributed by atoms with E-state index in [1.807, 2.05) is 0 Å². The van der Waals surface area contributed by atoms with Crippen LogP contribution >= 0.6 is 0 Å². The molecule has 0 amide bonds. The largest absolute Gasteiger partial charge is 0.454 e. The van der Waals surface area contributed by atoms with Crippen LogP contribution in [0.25, 0.3) is 55.0 Å². The lowest BCUT2D eigenvalue weighted by Crippen LogP contribution is -2.11. The van der Waals surface area contributed by atoms with Crippen molar-refractivity contribution >= 4 is 49.8 Å². The number of para-hydroxylation sites is 1. The SMILES string of the molecule is c1ccc(-c2ccc(N(c3ccccc3)c3c(-c4ccccc4)ccc4c3oc3ccc5ccccc5c34)cc2)cc1. The highest BCUT2D eigenvalue weighted by atomic mass is 16.3. The Labute approximate surface area is 244 Å². The molecule has 8 rings (SSSR count). The molecule has 7 aromatic carbocycles. The first-order chi connectivity index (χ1) is 20.8. The zero-order valence-electron chi connectivity index (χ0n) is 22.9. The standard InChI is InChI=1S/C40H27NO/c1-4-12-28(13-5-1)29-20-23-33(24-21-29)41(32-17-8-3-9-18-32)39-35(30-14-6-2-7-15-30)25-26-36-38-34-19-11-10-16-31(34)22-27-37(38)42-40(36)39/h1-27H. The molecule has 0 saturated heterocycles. The van der Waals surface area contributed by atoms with Crippen molar-refractivity contribution in [3.63, 3.8) is 0 Å². The molecule has 0 N–H and O–H groups in total. The van der Waals surface area contributed by atoms with E-state index < -0.39 is 0 Å². The first-order valence-corrected chi connectivity index (χ1v) is 14.3. The third-order valence-corrected chi connectivity index (χ3v) is 8.06. The van der Waals surface area contributed by atoms with Gasteiger partial charge in [-0.25, -0.2) is 0 Å². The molecule has 2 nitrogen and oxygen atoms in total. The number of anilines is 3. The summed E-state index contributed by atoms with van der Waals surface area (Å²) in [4.78, 5) is 2.34. The van der Waals surface area contributed by atoms with E-state index in [4.69, 9.17) is 4.42 Å². The Morgan fingerprint density at radius 3 is 1.74 bits per heavy atom. The molecular formula is C40H27NO.